The van der Waals surface area contributed by atoms with E-state index in [1.165, 1.54) is 20.0 Å². The fourth-order valence-corrected chi connectivity index (χ4v) is 3.04. The molecule has 0 amide bonds. The van der Waals surface area contributed by atoms with Crippen LogP contribution in [0, 0.1) is 18.8 Å². The van der Waals surface area contributed by atoms with Crippen molar-refractivity contribution in [2.75, 3.05) is 5.73 Å². The van der Waals surface area contributed by atoms with E-state index in [-0.39, 0.29) is 11.9 Å². The van der Waals surface area contributed by atoms with Gasteiger partial charge in [-0.05, 0) is 39.0 Å². The molecule has 0 spiro atoms. The SMILES string of the molecule is Cc1nc([C@@H](C)C#Cc2ccc3c(C(C)(C)F)nn(-c4ccnc(N)n4)c3c2)no1. The fourth-order valence-electron chi connectivity index (χ4n) is 3.04. The second-order valence-corrected chi connectivity index (χ2v) is 7.40. The maximum atomic E-state index is 14.8. The summed E-state index contributed by atoms with van der Waals surface area (Å²) in [7, 11) is 0. The van der Waals surface area contributed by atoms with Gasteiger partial charge in [0.25, 0.3) is 0 Å². The molecular formula is C21H20FN7O. The van der Waals surface area contributed by atoms with Crippen LogP contribution in [0.1, 0.15) is 49.7 Å². The minimum atomic E-state index is -1.64. The number of nitrogen functional groups attached to an aromatic ring is 1. The van der Waals surface area contributed by atoms with Crippen molar-refractivity contribution in [1.82, 2.24) is 29.9 Å². The molecular weight excluding hydrogens is 385 g/mol. The number of nitrogens with two attached hydrogens (primary N) is 1. The van der Waals surface area contributed by atoms with Gasteiger partial charge >= 0.3 is 0 Å². The van der Waals surface area contributed by atoms with E-state index >= 15 is 0 Å². The summed E-state index contributed by atoms with van der Waals surface area (Å²) in [5.74, 6) is 7.61. The van der Waals surface area contributed by atoms with Gasteiger partial charge in [-0.25, -0.2) is 14.1 Å². The number of anilines is 1. The molecule has 1 aromatic carbocycles. The number of aromatic nitrogens is 6. The monoisotopic (exact) mass is 405 g/mol. The molecule has 152 valence electrons. The summed E-state index contributed by atoms with van der Waals surface area (Å²) in [6, 6.07) is 7.15. The van der Waals surface area contributed by atoms with Crippen LogP contribution in [0.25, 0.3) is 16.7 Å². The Hall–Kier alpha value is -3.80. The minimum Gasteiger partial charge on any atom is -0.368 e. The number of fused-ring (bicyclic) bond motifs is 1. The molecule has 0 fully saturated rings. The number of hydrogen-bond acceptors (Lipinski definition) is 7. The Morgan fingerprint density at radius 1 is 1.23 bits per heavy atom. The first kappa shape index (κ1) is 19.5. The molecule has 2 N–H and O–H groups in total. The van der Waals surface area contributed by atoms with Gasteiger partial charge in [0.2, 0.25) is 11.8 Å². The van der Waals surface area contributed by atoms with E-state index in [0.29, 0.717) is 34.1 Å². The summed E-state index contributed by atoms with van der Waals surface area (Å²) >= 11 is 0. The molecule has 3 aromatic heterocycles. The lowest BCUT2D eigenvalue weighted by Crippen LogP contribution is -2.11. The van der Waals surface area contributed by atoms with Crippen LogP contribution in [0.5, 0.6) is 0 Å². The maximum Gasteiger partial charge on any atom is 0.223 e. The zero-order chi connectivity index (χ0) is 21.5. The van der Waals surface area contributed by atoms with E-state index in [9.17, 15) is 4.39 Å². The first-order valence-corrected chi connectivity index (χ1v) is 9.35. The van der Waals surface area contributed by atoms with E-state index in [2.05, 4.69) is 37.0 Å². The first-order chi connectivity index (χ1) is 14.2. The van der Waals surface area contributed by atoms with Gasteiger partial charge in [-0.15, -0.1) is 0 Å². The van der Waals surface area contributed by atoms with Crippen molar-refractivity contribution in [3.8, 4) is 17.7 Å². The van der Waals surface area contributed by atoms with E-state index in [4.69, 9.17) is 10.3 Å². The zero-order valence-corrected chi connectivity index (χ0v) is 17.0. The van der Waals surface area contributed by atoms with Gasteiger partial charge in [0, 0.05) is 30.1 Å². The summed E-state index contributed by atoms with van der Waals surface area (Å²) in [4.78, 5) is 12.3. The number of halogens is 1. The molecule has 0 radical (unpaired) electrons. The highest BCUT2D eigenvalue weighted by Crippen LogP contribution is 2.32. The smallest absolute Gasteiger partial charge is 0.223 e. The van der Waals surface area contributed by atoms with E-state index in [1.54, 1.807) is 17.7 Å². The topological polar surface area (TPSA) is 109 Å². The second-order valence-electron chi connectivity index (χ2n) is 7.40. The summed E-state index contributed by atoms with van der Waals surface area (Å²) in [5.41, 5.74) is 5.80. The highest BCUT2D eigenvalue weighted by Gasteiger charge is 2.27. The Morgan fingerprint density at radius 3 is 2.70 bits per heavy atom. The minimum absolute atomic E-state index is 0.109. The molecule has 30 heavy (non-hydrogen) atoms. The number of aryl methyl sites for hydroxylation is 1. The third kappa shape index (κ3) is 3.72. The van der Waals surface area contributed by atoms with Crippen LogP contribution in [-0.4, -0.2) is 29.9 Å². The van der Waals surface area contributed by atoms with Crippen LogP contribution in [0.2, 0.25) is 0 Å². The highest BCUT2D eigenvalue weighted by molar-refractivity contribution is 5.85. The Bertz CT molecular complexity index is 1290. The molecule has 4 aromatic rings. The lowest BCUT2D eigenvalue weighted by Gasteiger charge is -2.10. The molecule has 1 atom stereocenters. The molecule has 0 aliphatic carbocycles. The Labute approximate surface area is 172 Å². The largest absolute Gasteiger partial charge is 0.368 e. The van der Waals surface area contributed by atoms with Crippen molar-refractivity contribution in [3.63, 3.8) is 0 Å². The quantitative estimate of drug-likeness (QED) is 0.520. The Kier molecular flexibility index (Phi) is 4.70. The van der Waals surface area contributed by atoms with Crippen molar-refractivity contribution in [2.45, 2.75) is 39.3 Å². The van der Waals surface area contributed by atoms with Crippen LogP contribution in [0.15, 0.2) is 35.0 Å². The van der Waals surface area contributed by atoms with E-state index in [0.717, 1.165) is 5.56 Å². The Balaban J connectivity index is 1.82. The molecule has 8 nitrogen and oxygen atoms in total. The molecule has 0 bridgehead atoms. The molecule has 0 saturated carbocycles. The van der Waals surface area contributed by atoms with Crippen LogP contribution in [0.3, 0.4) is 0 Å². The molecule has 4 rings (SSSR count). The van der Waals surface area contributed by atoms with Crippen LogP contribution >= 0.6 is 0 Å². The van der Waals surface area contributed by atoms with Crippen LogP contribution < -0.4 is 5.73 Å². The molecule has 3 heterocycles. The van der Waals surface area contributed by atoms with Crippen LogP contribution in [0.4, 0.5) is 10.3 Å². The first-order valence-electron chi connectivity index (χ1n) is 9.35. The van der Waals surface area contributed by atoms with Gasteiger partial charge in [-0.2, -0.15) is 15.1 Å². The van der Waals surface area contributed by atoms with Gasteiger partial charge < -0.3 is 10.3 Å². The molecule has 0 unspecified atom stereocenters. The van der Waals surface area contributed by atoms with Crippen molar-refractivity contribution >= 4 is 16.9 Å². The van der Waals surface area contributed by atoms with E-state index < -0.39 is 5.67 Å². The number of nitrogens with zero attached hydrogens (tertiary/aromatic N) is 6. The highest BCUT2D eigenvalue weighted by atomic mass is 19.1. The lowest BCUT2D eigenvalue weighted by molar-refractivity contribution is 0.215. The summed E-state index contributed by atoms with van der Waals surface area (Å²) in [6.45, 7) is 6.56. The van der Waals surface area contributed by atoms with Crippen molar-refractivity contribution < 1.29 is 8.91 Å². The van der Waals surface area contributed by atoms with Gasteiger partial charge in [-0.1, -0.05) is 17.0 Å². The van der Waals surface area contributed by atoms with Gasteiger partial charge in [0.1, 0.15) is 11.4 Å². The van der Waals surface area contributed by atoms with E-state index in [1.807, 2.05) is 25.1 Å². The van der Waals surface area contributed by atoms with Gasteiger partial charge in [0.05, 0.1) is 11.4 Å². The van der Waals surface area contributed by atoms with Crippen molar-refractivity contribution in [1.29, 1.82) is 0 Å². The number of rotatable bonds is 3. The molecule has 0 aliphatic heterocycles. The second kappa shape index (κ2) is 7.22. The fraction of sp³-hybridized carbons (Fsp3) is 0.286. The Morgan fingerprint density at radius 2 is 2.03 bits per heavy atom. The number of alkyl halides is 1. The third-order valence-electron chi connectivity index (χ3n) is 4.48. The summed E-state index contributed by atoms with van der Waals surface area (Å²) in [5, 5.41) is 9.05. The van der Waals surface area contributed by atoms with Crippen molar-refractivity contribution in [2.24, 2.45) is 0 Å². The molecule has 9 heteroatoms. The van der Waals surface area contributed by atoms with Crippen molar-refractivity contribution in [3.05, 3.63) is 53.4 Å². The lowest BCUT2D eigenvalue weighted by atomic mass is 10.0. The predicted octanol–water partition coefficient (Wildman–Crippen LogP) is 3.45. The summed E-state index contributed by atoms with van der Waals surface area (Å²) < 4.78 is 21.4. The number of hydrogen-bond donors (Lipinski definition) is 1. The average molecular weight is 405 g/mol. The number of benzene rings is 1. The zero-order valence-electron chi connectivity index (χ0n) is 17.0. The third-order valence-corrected chi connectivity index (χ3v) is 4.48. The molecule has 0 saturated heterocycles. The average Bonchev–Trinajstić information content (AvgIpc) is 3.29. The normalized spacial score (nSPS) is 12.6. The predicted molar refractivity (Wildman–Crippen MR) is 110 cm³/mol. The molecule has 0 aliphatic rings. The maximum absolute atomic E-state index is 14.8. The van der Waals surface area contributed by atoms with Gasteiger partial charge in [0.15, 0.2) is 11.6 Å². The standard InChI is InChI=1S/C21H20FN7O/c1-12(19-25-13(2)30-28-19)5-6-14-7-8-15-16(11-14)29(27-18(15)21(3,4)22)17-9-10-24-20(23)26-17/h7-12H,1-4H3,(H2,23,24,26)/t12-/m0/s1. The summed E-state index contributed by atoms with van der Waals surface area (Å²) in [6.07, 6.45) is 1.53. The van der Waals surface area contributed by atoms with Crippen LogP contribution in [-0.2, 0) is 5.67 Å². The van der Waals surface area contributed by atoms with Gasteiger partial charge in [-0.3, -0.25) is 0 Å².